The minimum Gasteiger partial charge on any atom is -0.497 e. The molecule has 9 nitrogen and oxygen atoms in total. The van der Waals surface area contributed by atoms with Crippen molar-refractivity contribution >= 4 is 34.7 Å². The number of para-hydroxylation sites is 2. The van der Waals surface area contributed by atoms with Crippen LogP contribution >= 0.6 is 0 Å². The Morgan fingerprint density at radius 2 is 1.88 bits per heavy atom. The fourth-order valence-electron chi connectivity index (χ4n) is 3.90. The van der Waals surface area contributed by atoms with E-state index in [1.807, 2.05) is 47.4 Å². The average molecular weight is 444 g/mol. The predicted octanol–water partition coefficient (Wildman–Crippen LogP) is 3.64. The minimum absolute atomic E-state index is 0.0637. The maximum absolute atomic E-state index is 13.1. The molecule has 0 spiro atoms. The molecule has 3 heterocycles. The highest BCUT2D eigenvalue weighted by Crippen LogP contribution is 2.23. The summed E-state index contributed by atoms with van der Waals surface area (Å²) in [4.78, 5) is 30.3. The Morgan fingerprint density at radius 3 is 2.64 bits per heavy atom. The van der Waals surface area contributed by atoms with Crippen molar-refractivity contribution in [3.8, 4) is 5.75 Å². The number of oxazole rings is 1. The van der Waals surface area contributed by atoms with Gasteiger partial charge < -0.3 is 19.0 Å². The number of rotatable bonds is 5. The van der Waals surface area contributed by atoms with Crippen LogP contribution in [0, 0.1) is 6.92 Å². The van der Waals surface area contributed by atoms with Crippen LogP contribution in [0.2, 0.25) is 0 Å². The number of ether oxygens (including phenoxy) is 1. The summed E-state index contributed by atoms with van der Waals surface area (Å²) in [6, 6.07) is 15.8. The lowest BCUT2D eigenvalue weighted by Crippen LogP contribution is -2.49. The molecule has 168 valence electrons. The van der Waals surface area contributed by atoms with Crippen LogP contribution in [-0.4, -0.2) is 59.0 Å². The van der Waals surface area contributed by atoms with Gasteiger partial charge in [0.25, 0.3) is 5.91 Å². The highest BCUT2D eigenvalue weighted by atomic mass is 16.5. The first-order valence-electron chi connectivity index (χ1n) is 10.8. The lowest BCUT2D eigenvalue weighted by atomic mass is 10.2. The maximum Gasteiger partial charge on any atom is 0.302 e. The number of carbonyl (C=O) groups is 1. The number of carbonyl (C=O) groups excluding carboxylic acids is 1. The standard InChI is InChI=1S/C24H24N6O3/c1-16-19(15-25-23(26-16)28-24-27-20-8-3-4-9-21(20)33-24)22(31)30-12-10-29(11-13-30)17-6-5-7-18(14-17)32-2/h3-9,14-15H,10-13H2,1-2H3,(H,25,26,27,28). The molecule has 1 amide bonds. The number of nitrogens with zero attached hydrogens (tertiary/aromatic N) is 5. The van der Waals surface area contributed by atoms with Gasteiger partial charge in [0.05, 0.1) is 18.4 Å². The number of methoxy groups -OCH3 is 1. The van der Waals surface area contributed by atoms with Crippen molar-refractivity contribution in [1.29, 1.82) is 0 Å². The van der Waals surface area contributed by atoms with Gasteiger partial charge in [-0.3, -0.25) is 10.1 Å². The Morgan fingerprint density at radius 1 is 1.06 bits per heavy atom. The van der Waals surface area contributed by atoms with Crippen LogP contribution in [0.25, 0.3) is 11.1 Å². The van der Waals surface area contributed by atoms with Crippen LogP contribution in [0.4, 0.5) is 17.7 Å². The summed E-state index contributed by atoms with van der Waals surface area (Å²) < 4.78 is 11.0. The quantitative estimate of drug-likeness (QED) is 0.498. The number of aromatic nitrogens is 3. The molecule has 0 radical (unpaired) electrons. The van der Waals surface area contributed by atoms with E-state index < -0.39 is 0 Å². The monoisotopic (exact) mass is 444 g/mol. The van der Waals surface area contributed by atoms with E-state index in [-0.39, 0.29) is 5.91 Å². The Labute approximate surface area is 191 Å². The summed E-state index contributed by atoms with van der Waals surface area (Å²) in [5.74, 6) is 1.09. The first-order chi connectivity index (χ1) is 16.1. The number of aryl methyl sites for hydroxylation is 1. The van der Waals surface area contributed by atoms with Gasteiger partial charge >= 0.3 is 6.01 Å². The largest absolute Gasteiger partial charge is 0.497 e. The van der Waals surface area contributed by atoms with Crippen LogP contribution in [0.5, 0.6) is 5.75 Å². The predicted molar refractivity (Wildman–Crippen MR) is 125 cm³/mol. The Hall–Kier alpha value is -4.14. The SMILES string of the molecule is COc1cccc(N2CCN(C(=O)c3cnc(Nc4nc5ccccc5o4)nc3C)CC2)c1. The van der Waals surface area contributed by atoms with Gasteiger partial charge in [-0.05, 0) is 31.2 Å². The number of piperazine rings is 1. The smallest absolute Gasteiger partial charge is 0.302 e. The molecule has 0 bridgehead atoms. The second-order valence-electron chi connectivity index (χ2n) is 7.79. The molecule has 33 heavy (non-hydrogen) atoms. The van der Waals surface area contributed by atoms with Gasteiger partial charge in [0.15, 0.2) is 5.58 Å². The molecule has 0 unspecified atom stereocenters. The molecule has 0 atom stereocenters. The Kier molecular flexibility index (Phi) is 5.52. The van der Waals surface area contributed by atoms with E-state index in [1.165, 1.54) is 0 Å². The van der Waals surface area contributed by atoms with Crippen LogP contribution in [-0.2, 0) is 0 Å². The molecule has 1 aliphatic heterocycles. The molecule has 2 aromatic heterocycles. The Bertz CT molecular complexity index is 1260. The third-order valence-corrected chi connectivity index (χ3v) is 5.71. The molecule has 4 aromatic rings. The van der Waals surface area contributed by atoms with E-state index in [9.17, 15) is 4.79 Å². The summed E-state index contributed by atoms with van der Waals surface area (Å²) in [5, 5.41) is 2.97. The molecule has 1 fully saturated rings. The van der Waals surface area contributed by atoms with Crippen molar-refractivity contribution in [1.82, 2.24) is 19.9 Å². The van der Waals surface area contributed by atoms with E-state index in [2.05, 4.69) is 31.2 Å². The summed E-state index contributed by atoms with van der Waals surface area (Å²) in [5.41, 5.74) is 3.61. The van der Waals surface area contributed by atoms with Gasteiger partial charge in [0, 0.05) is 44.1 Å². The van der Waals surface area contributed by atoms with E-state index in [1.54, 1.807) is 20.2 Å². The lowest BCUT2D eigenvalue weighted by molar-refractivity contribution is 0.0745. The summed E-state index contributed by atoms with van der Waals surface area (Å²) >= 11 is 0. The average Bonchev–Trinajstić information content (AvgIpc) is 3.26. The molecule has 1 N–H and O–H groups in total. The van der Waals surface area contributed by atoms with Crippen LogP contribution in [0.3, 0.4) is 0 Å². The fraction of sp³-hybridized carbons (Fsp3) is 0.250. The second-order valence-corrected chi connectivity index (χ2v) is 7.79. The normalized spacial score (nSPS) is 13.9. The number of anilines is 3. The lowest BCUT2D eigenvalue weighted by Gasteiger charge is -2.36. The van der Waals surface area contributed by atoms with Gasteiger partial charge in [-0.2, -0.15) is 4.98 Å². The van der Waals surface area contributed by atoms with E-state index in [4.69, 9.17) is 9.15 Å². The van der Waals surface area contributed by atoms with Crippen molar-refractivity contribution in [3.05, 3.63) is 66.0 Å². The van der Waals surface area contributed by atoms with Gasteiger partial charge in [-0.1, -0.05) is 18.2 Å². The van der Waals surface area contributed by atoms with E-state index >= 15 is 0 Å². The van der Waals surface area contributed by atoms with Gasteiger partial charge in [-0.25, -0.2) is 9.97 Å². The second kappa shape index (κ2) is 8.78. The molecular weight excluding hydrogens is 420 g/mol. The van der Waals surface area contributed by atoms with Crippen LogP contribution in [0.1, 0.15) is 16.1 Å². The minimum atomic E-state index is -0.0637. The topological polar surface area (TPSA) is 96.6 Å². The third kappa shape index (κ3) is 4.30. The van der Waals surface area contributed by atoms with Gasteiger partial charge in [-0.15, -0.1) is 0 Å². The summed E-state index contributed by atoms with van der Waals surface area (Å²) in [6.45, 7) is 4.54. The third-order valence-electron chi connectivity index (χ3n) is 5.71. The molecule has 9 heteroatoms. The molecule has 2 aromatic carbocycles. The number of benzene rings is 2. The van der Waals surface area contributed by atoms with Crippen LogP contribution in [0.15, 0.2) is 59.1 Å². The highest BCUT2D eigenvalue weighted by Gasteiger charge is 2.24. The number of hydrogen-bond donors (Lipinski definition) is 1. The van der Waals surface area contributed by atoms with Crippen molar-refractivity contribution in [2.75, 3.05) is 43.5 Å². The van der Waals surface area contributed by atoms with Gasteiger partial charge in [0.1, 0.15) is 11.3 Å². The molecule has 1 saturated heterocycles. The van der Waals surface area contributed by atoms with Crippen molar-refractivity contribution in [2.24, 2.45) is 0 Å². The zero-order valence-corrected chi connectivity index (χ0v) is 18.5. The molecule has 5 rings (SSSR count). The van der Waals surface area contributed by atoms with Gasteiger partial charge in [0.2, 0.25) is 5.95 Å². The van der Waals surface area contributed by atoms with Crippen LogP contribution < -0.4 is 15.0 Å². The zero-order valence-electron chi connectivity index (χ0n) is 18.5. The number of hydrogen-bond acceptors (Lipinski definition) is 8. The summed E-state index contributed by atoms with van der Waals surface area (Å²) in [7, 11) is 1.66. The fourth-order valence-corrected chi connectivity index (χ4v) is 3.90. The number of amides is 1. The summed E-state index contributed by atoms with van der Waals surface area (Å²) in [6.07, 6.45) is 1.56. The Balaban J connectivity index is 1.24. The van der Waals surface area contributed by atoms with Crippen molar-refractivity contribution in [3.63, 3.8) is 0 Å². The zero-order chi connectivity index (χ0) is 22.8. The molecule has 0 aliphatic carbocycles. The first kappa shape index (κ1) is 20.7. The number of fused-ring (bicyclic) bond motifs is 1. The molecule has 0 saturated carbocycles. The van der Waals surface area contributed by atoms with Crippen molar-refractivity contribution in [2.45, 2.75) is 6.92 Å². The molecular formula is C24H24N6O3. The first-order valence-corrected chi connectivity index (χ1v) is 10.8. The van der Waals surface area contributed by atoms with E-state index in [0.29, 0.717) is 41.9 Å². The van der Waals surface area contributed by atoms with Crippen molar-refractivity contribution < 1.29 is 13.9 Å². The molecule has 1 aliphatic rings. The number of nitrogens with one attached hydrogen (secondary N) is 1. The highest BCUT2D eigenvalue weighted by molar-refractivity contribution is 5.95. The maximum atomic E-state index is 13.1. The van der Waals surface area contributed by atoms with E-state index in [0.717, 1.165) is 30.0 Å².